The molecule has 2 aliphatic rings. The average molecular weight is 327 g/mol. The quantitative estimate of drug-likeness (QED) is 0.914. The van der Waals surface area contributed by atoms with Crippen LogP contribution in [-0.4, -0.2) is 33.1 Å². The Bertz CT molecular complexity index is 771. The van der Waals surface area contributed by atoms with Gasteiger partial charge in [-0.3, -0.25) is 9.89 Å². The fourth-order valence-corrected chi connectivity index (χ4v) is 4.36. The van der Waals surface area contributed by atoms with Crippen molar-refractivity contribution in [3.63, 3.8) is 0 Å². The summed E-state index contributed by atoms with van der Waals surface area (Å²) in [4.78, 5) is 14.9. The number of aromatic amines is 1. The highest BCUT2D eigenvalue weighted by molar-refractivity contribution is 5.93. The van der Waals surface area contributed by atoms with Gasteiger partial charge in [0.25, 0.3) is 5.91 Å². The molecule has 2 saturated heterocycles. The fourth-order valence-electron chi connectivity index (χ4n) is 4.36. The lowest BCUT2D eigenvalue weighted by atomic mass is 9.84. The minimum absolute atomic E-state index is 0.0422. The van der Waals surface area contributed by atoms with E-state index in [1.165, 1.54) is 5.56 Å². The summed E-state index contributed by atoms with van der Waals surface area (Å²) in [5.74, 6) is 0.301. The summed E-state index contributed by atoms with van der Waals surface area (Å²) in [6.07, 6.45) is 4.01. The Hall–Kier alpha value is -2.17. The molecule has 0 saturated carbocycles. The monoisotopic (exact) mass is 327 g/mol. The Morgan fingerprint density at radius 2 is 1.92 bits per heavy atom. The molecule has 126 valence electrons. The van der Waals surface area contributed by atoms with Crippen molar-refractivity contribution >= 4 is 5.91 Å². The second kappa shape index (κ2) is 5.72. The number of rotatable bonds is 2. The highest BCUT2D eigenvalue weighted by Crippen LogP contribution is 2.43. The zero-order valence-corrected chi connectivity index (χ0v) is 14.1. The molecule has 1 aromatic heterocycles. The predicted molar refractivity (Wildman–Crippen MR) is 89.4 cm³/mol. The van der Waals surface area contributed by atoms with Crippen molar-refractivity contribution in [3.05, 3.63) is 52.6 Å². The van der Waals surface area contributed by atoms with Crippen LogP contribution in [0.25, 0.3) is 0 Å². The van der Waals surface area contributed by atoms with Gasteiger partial charge in [0, 0.05) is 17.8 Å². The van der Waals surface area contributed by atoms with E-state index in [0.717, 1.165) is 31.4 Å². The Morgan fingerprint density at radius 1 is 1.21 bits per heavy atom. The molecule has 1 N–H and O–H groups in total. The van der Waals surface area contributed by atoms with Crippen LogP contribution in [0.1, 0.15) is 58.9 Å². The van der Waals surface area contributed by atoms with Gasteiger partial charge >= 0.3 is 0 Å². The van der Waals surface area contributed by atoms with E-state index in [4.69, 9.17) is 0 Å². The number of aryl methyl sites for hydroxylation is 2. The largest absolute Gasteiger partial charge is 0.331 e. The topological polar surface area (TPSA) is 49.0 Å². The highest BCUT2D eigenvalue weighted by Gasteiger charge is 2.44. The minimum Gasteiger partial charge on any atom is -0.331 e. The van der Waals surface area contributed by atoms with Crippen molar-refractivity contribution in [1.82, 2.24) is 15.1 Å². The number of carbonyl (C=O) groups is 1. The van der Waals surface area contributed by atoms with E-state index >= 15 is 0 Å². The second-order valence-electron chi connectivity index (χ2n) is 7.21. The zero-order valence-electron chi connectivity index (χ0n) is 14.1. The molecule has 1 unspecified atom stereocenters. The number of piperidine rings is 1. The summed E-state index contributed by atoms with van der Waals surface area (Å²) < 4.78 is 13.5. The zero-order chi connectivity index (χ0) is 16.8. The van der Waals surface area contributed by atoms with Gasteiger partial charge in [-0.15, -0.1) is 0 Å². The number of nitrogens with zero attached hydrogens (tertiary/aromatic N) is 2. The maximum atomic E-state index is 13.5. The molecule has 24 heavy (non-hydrogen) atoms. The Morgan fingerprint density at radius 3 is 2.50 bits per heavy atom. The summed E-state index contributed by atoms with van der Waals surface area (Å²) in [5.41, 5.74) is 3.32. The molecule has 1 amide bonds. The van der Waals surface area contributed by atoms with E-state index in [9.17, 15) is 9.18 Å². The van der Waals surface area contributed by atoms with Crippen molar-refractivity contribution < 1.29 is 9.18 Å². The summed E-state index contributed by atoms with van der Waals surface area (Å²) in [6, 6.07) is 7.79. The van der Waals surface area contributed by atoms with Gasteiger partial charge in [0.1, 0.15) is 11.5 Å². The number of amides is 1. The van der Waals surface area contributed by atoms with Gasteiger partial charge in [-0.1, -0.05) is 12.1 Å². The first kappa shape index (κ1) is 15.4. The smallest absolute Gasteiger partial charge is 0.274 e. The lowest BCUT2D eigenvalue weighted by Crippen LogP contribution is -2.46. The number of H-pyrrole nitrogens is 1. The second-order valence-corrected chi connectivity index (χ2v) is 7.21. The molecule has 2 fully saturated rings. The van der Waals surface area contributed by atoms with Crippen LogP contribution in [0.5, 0.6) is 0 Å². The van der Waals surface area contributed by atoms with Gasteiger partial charge in [0.15, 0.2) is 0 Å². The first-order valence-electron chi connectivity index (χ1n) is 8.63. The average Bonchev–Trinajstić information content (AvgIpc) is 3.10. The number of hydrogen-bond donors (Lipinski definition) is 1. The minimum atomic E-state index is -0.150. The predicted octanol–water partition coefficient (Wildman–Crippen LogP) is 3.72. The van der Waals surface area contributed by atoms with Crippen LogP contribution in [0.4, 0.5) is 4.39 Å². The normalized spacial score (nSPS) is 26.0. The van der Waals surface area contributed by atoms with Crippen molar-refractivity contribution in [2.24, 2.45) is 0 Å². The van der Waals surface area contributed by atoms with Gasteiger partial charge < -0.3 is 4.90 Å². The standard InChI is InChI=1S/C19H22FN3O/c1-11-7-13(3-6-17(11)20)14-9-15-4-5-16(10-14)23(15)19(24)18-8-12(2)21-22-18/h3,6-8,14-16H,4-5,9-10H2,1-2H3,(H,21,22)/t14?,15-,16+. The van der Waals surface area contributed by atoms with Gasteiger partial charge in [-0.25, -0.2) is 4.39 Å². The number of halogens is 1. The number of nitrogens with one attached hydrogen (secondary N) is 1. The molecule has 4 nitrogen and oxygen atoms in total. The first-order valence-corrected chi connectivity index (χ1v) is 8.63. The van der Waals surface area contributed by atoms with Gasteiger partial charge in [-0.2, -0.15) is 5.10 Å². The van der Waals surface area contributed by atoms with E-state index in [1.54, 1.807) is 6.07 Å². The number of hydrogen-bond acceptors (Lipinski definition) is 2. The summed E-state index contributed by atoms with van der Waals surface area (Å²) >= 11 is 0. The molecule has 1 aromatic carbocycles. The highest BCUT2D eigenvalue weighted by atomic mass is 19.1. The number of aromatic nitrogens is 2. The van der Waals surface area contributed by atoms with Gasteiger partial charge in [0.05, 0.1) is 0 Å². The van der Waals surface area contributed by atoms with E-state index in [-0.39, 0.29) is 23.8 Å². The molecule has 0 radical (unpaired) electrons. The number of fused-ring (bicyclic) bond motifs is 2. The molecule has 3 atom stereocenters. The molecule has 4 rings (SSSR count). The molecule has 0 spiro atoms. The van der Waals surface area contributed by atoms with Crippen LogP contribution in [0.2, 0.25) is 0 Å². The van der Waals surface area contributed by atoms with E-state index in [2.05, 4.69) is 10.2 Å². The Kier molecular flexibility index (Phi) is 3.66. The van der Waals surface area contributed by atoms with Crippen molar-refractivity contribution in [2.45, 2.75) is 57.5 Å². The van der Waals surface area contributed by atoms with Gasteiger partial charge in [-0.05, 0) is 68.7 Å². The maximum Gasteiger partial charge on any atom is 0.274 e. The van der Waals surface area contributed by atoms with Crippen molar-refractivity contribution in [1.29, 1.82) is 0 Å². The fraction of sp³-hybridized carbons (Fsp3) is 0.474. The first-order chi connectivity index (χ1) is 11.5. The van der Waals surface area contributed by atoms with Gasteiger partial charge in [0.2, 0.25) is 0 Å². The van der Waals surface area contributed by atoms with Crippen LogP contribution in [-0.2, 0) is 0 Å². The molecule has 2 aliphatic heterocycles. The third-order valence-corrected chi connectivity index (χ3v) is 5.55. The van der Waals surface area contributed by atoms with E-state index in [0.29, 0.717) is 17.2 Å². The van der Waals surface area contributed by atoms with E-state index in [1.807, 2.05) is 36.9 Å². The Labute approximate surface area is 141 Å². The van der Waals surface area contributed by atoms with Crippen LogP contribution >= 0.6 is 0 Å². The molecule has 2 bridgehead atoms. The number of carbonyl (C=O) groups excluding carboxylic acids is 1. The third-order valence-electron chi connectivity index (χ3n) is 5.55. The van der Waals surface area contributed by atoms with Crippen molar-refractivity contribution in [3.8, 4) is 0 Å². The maximum absolute atomic E-state index is 13.5. The summed E-state index contributed by atoms with van der Waals surface area (Å²) in [6.45, 7) is 3.72. The third kappa shape index (κ3) is 2.52. The molecular weight excluding hydrogens is 305 g/mol. The van der Waals surface area contributed by atoms with Crippen LogP contribution < -0.4 is 0 Å². The lowest BCUT2D eigenvalue weighted by Gasteiger charge is -2.39. The van der Waals surface area contributed by atoms with Crippen LogP contribution in [0.3, 0.4) is 0 Å². The molecule has 0 aliphatic carbocycles. The van der Waals surface area contributed by atoms with E-state index < -0.39 is 0 Å². The number of benzene rings is 1. The SMILES string of the molecule is Cc1cc(C(=O)N2[C@@H]3CC[C@H]2CC(c2ccc(F)c(C)c2)C3)n[nH]1. The molecular formula is C19H22FN3O. The molecule has 5 heteroatoms. The summed E-state index contributed by atoms with van der Waals surface area (Å²) in [5, 5.41) is 6.98. The van der Waals surface area contributed by atoms with Crippen LogP contribution in [0, 0.1) is 19.7 Å². The van der Waals surface area contributed by atoms with Crippen molar-refractivity contribution in [2.75, 3.05) is 0 Å². The van der Waals surface area contributed by atoms with Crippen LogP contribution in [0.15, 0.2) is 24.3 Å². The summed E-state index contributed by atoms with van der Waals surface area (Å²) in [7, 11) is 0. The molecule has 3 heterocycles. The Balaban J connectivity index is 1.55. The lowest BCUT2D eigenvalue weighted by molar-refractivity contribution is 0.0565. The molecule has 2 aromatic rings.